The first-order valence-corrected chi connectivity index (χ1v) is 7.73. The van der Waals surface area contributed by atoms with Crippen molar-refractivity contribution in [3.05, 3.63) is 53.6 Å². The van der Waals surface area contributed by atoms with Crippen LogP contribution in [0, 0.1) is 0 Å². The zero-order valence-corrected chi connectivity index (χ0v) is 14.2. The van der Waals surface area contributed by atoms with Gasteiger partial charge < -0.3 is 19.9 Å². The molecule has 0 aliphatic carbocycles. The maximum Gasteiger partial charge on any atom is 0.224 e. The Morgan fingerprint density at radius 2 is 1.58 bits per heavy atom. The maximum atomic E-state index is 11.8. The van der Waals surface area contributed by atoms with Crippen LogP contribution >= 0.6 is 0 Å². The summed E-state index contributed by atoms with van der Waals surface area (Å²) < 4.78 is 16.0. The third-order valence-corrected chi connectivity index (χ3v) is 3.99. The summed E-state index contributed by atoms with van der Waals surface area (Å²) in [4.78, 5) is 11.8. The molecule has 2 rings (SSSR count). The number of rotatable bonds is 8. The van der Waals surface area contributed by atoms with Gasteiger partial charge in [0.25, 0.3) is 0 Å². The standard InChI is InChI=1S/C19H23NO4/c1-22-16-11-13(12-17(23-2)18(16)24-3)9-10-15(19(20)21)14-7-5-4-6-8-14/h4-8,11-12,15H,9-10H2,1-3H3,(H2,20,21). The molecule has 1 unspecified atom stereocenters. The van der Waals surface area contributed by atoms with Crippen LogP contribution in [-0.2, 0) is 11.2 Å². The van der Waals surface area contributed by atoms with Crippen LogP contribution in [-0.4, -0.2) is 27.2 Å². The summed E-state index contributed by atoms with van der Waals surface area (Å²) in [6, 6.07) is 13.4. The summed E-state index contributed by atoms with van der Waals surface area (Å²) in [6.07, 6.45) is 1.27. The molecule has 5 heteroatoms. The van der Waals surface area contributed by atoms with Gasteiger partial charge in [-0.25, -0.2) is 0 Å². The lowest BCUT2D eigenvalue weighted by atomic mass is 9.91. The lowest BCUT2D eigenvalue weighted by Gasteiger charge is -2.16. The van der Waals surface area contributed by atoms with Crippen molar-refractivity contribution < 1.29 is 19.0 Å². The minimum atomic E-state index is -0.328. The van der Waals surface area contributed by atoms with Gasteiger partial charge in [-0.05, 0) is 36.1 Å². The van der Waals surface area contributed by atoms with Gasteiger partial charge in [0.15, 0.2) is 11.5 Å². The topological polar surface area (TPSA) is 70.8 Å². The Labute approximate surface area is 142 Å². The summed E-state index contributed by atoms with van der Waals surface area (Å²) in [5, 5.41) is 0. The molecule has 0 aromatic heterocycles. The van der Waals surface area contributed by atoms with Crippen molar-refractivity contribution in [1.29, 1.82) is 0 Å². The third-order valence-electron chi connectivity index (χ3n) is 3.99. The molecular formula is C19H23NO4. The van der Waals surface area contributed by atoms with Crippen LogP contribution in [0.25, 0.3) is 0 Å². The van der Waals surface area contributed by atoms with E-state index in [1.165, 1.54) is 0 Å². The Morgan fingerprint density at radius 3 is 2.04 bits per heavy atom. The quantitative estimate of drug-likeness (QED) is 0.808. The number of aryl methyl sites for hydroxylation is 1. The molecule has 2 aromatic rings. The Kier molecular flexibility index (Phi) is 6.07. The van der Waals surface area contributed by atoms with Crippen LogP contribution in [0.5, 0.6) is 17.2 Å². The van der Waals surface area contributed by atoms with E-state index in [4.69, 9.17) is 19.9 Å². The highest BCUT2D eigenvalue weighted by Crippen LogP contribution is 2.38. The first-order valence-electron chi connectivity index (χ1n) is 7.73. The fourth-order valence-corrected chi connectivity index (χ4v) is 2.75. The number of nitrogens with two attached hydrogens (primary N) is 1. The van der Waals surface area contributed by atoms with E-state index < -0.39 is 0 Å². The second-order valence-electron chi connectivity index (χ2n) is 5.44. The number of carbonyl (C=O) groups excluding carboxylic acids is 1. The van der Waals surface area contributed by atoms with Crippen molar-refractivity contribution >= 4 is 5.91 Å². The van der Waals surface area contributed by atoms with Gasteiger partial charge >= 0.3 is 0 Å². The molecule has 0 bridgehead atoms. The summed E-state index contributed by atoms with van der Waals surface area (Å²) in [6.45, 7) is 0. The summed E-state index contributed by atoms with van der Waals surface area (Å²) >= 11 is 0. The number of carbonyl (C=O) groups is 1. The minimum Gasteiger partial charge on any atom is -0.493 e. The van der Waals surface area contributed by atoms with Gasteiger partial charge in [0, 0.05) is 0 Å². The molecule has 5 nitrogen and oxygen atoms in total. The van der Waals surface area contributed by atoms with E-state index in [2.05, 4.69) is 0 Å². The van der Waals surface area contributed by atoms with Crippen molar-refractivity contribution in [2.24, 2.45) is 5.73 Å². The molecule has 1 atom stereocenters. The van der Waals surface area contributed by atoms with Gasteiger partial charge in [-0.15, -0.1) is 0 Å². The Morgan fingerprint density at radius 1 is 1.00 bits per heavy atom. The molecule has 0 saturated carbocycles. The van der Waals surface area contributed by atoms with Crippen LogP contribution < -0.4 is 19.9 Å². The molecule has 0 aliphatic rings. The van der Waals surface area contributed by atoms with Gasteiger partial charge in [0.1, 0.15) is 0 Å². The molecule has 0 spiro atoms. The van der Waals surface area contributed by atoms with Crippen LogP contribution in [0.15, 0.2) is 42.5 Å². The average Bonchev–Trinajstić information content (AvgIpc) is 2.61. The molecule has 1 amide bonds. The van der Waals surface area contributed by atoms with E-state index in [1.54, 1.807) is 21.3 Å². The Bertz CT molecular complexity index is 660. The molecule has 2 aromatic carbocycles. The largest absolute Gasteiger partial charge is 0.493 e. The number of amides is 1. The predicted molar refractivity (Wildman–Crippen MR) is 92.8 cm³/mol. The average molecular weight is 329 g/mol. The Hall–Kier alpha value is -2.69. The van der Waals surface area contributed by atoms with Gasteiger partial charge in [-0.1, -0.05) is 30.3 Å². The normalized spacial score (nSPS) is 11.6. The number of primary amides is 1. The van der Waals surface area contributed by atoms with E-state index in [1.807, 2.05) is 42.5 Å². The molecular weight excluding hydrogens is 306 g/mol. The van der Waals surface area contributed by atoms with Crippen molar-refractivity contribution in [2.45, 2.75) is 18.8 Å². The number of hydrogen-bond donors (Lipinski definition) is 1. The zero-order valence-electron chi connectivity index (χ0n) is 14.2. The van der Waals surface area contributed by atoms with Gasteiger partial charge in [-0.2, -0.15) is 0 Å². The molecule has 2 N–H and O–H groups in total. The number of benzene rings is 2. The van der Waals surface area contributed by atoms with Gasteiger partial charge in [0.2, 0.25) is 11.7 Å². The van der Waals surface area contributed by atoms with Gasteiger partial charge in [-0.3, -0.25) is 4.79 Å². The SMILES string of the molecule is COc1cc(CCC(C(N)=O)c2ccccc2)cc(OC)c1OC. The third kappa shape index (κ3) is 3.98. The number of methoxy groups -OCH3 is 3. The van der Waals surface area contributed by atoms with E-state index in [9.17, 15) is 4.79 Å². The van der Waals surface area contributed by atoms with Crippen LogP contribution in [0.1, 0.15) is 23.5 Å². The van der Waals surface area contributed by atoms with Gasteiger partial charge in [0.05, 0.1) is 27.2 Å². The molecule has 0 saturated heterocycles. The summed E-state index contributed by atoms with van der Waals surface area (Å²) in [5.41, 5.74) is 7.50. The lowest BCUT2D eigenvalue weighted by Crippen LogP contribution is -2.22. The summed E-state index contributed by atoms with van der Waals surface area (Å²) in [5.74, 6) is 1.10. The first kappa shape index (κ1) is 17.7. The van der Waals surface area contributed by atoms with Crippen LogP contribution in [0.3, 0.4) is 0 Å². The highest BCUT2D eigenvalue weighted by molar-refractivity contribution is 5.81. The fraction of sp³-hybridized carbons (Fsp3) is 0.316. The lowest BCUT2D eigenvalue weighted by molar-refractivity contribution is -0.119. The molecule has 0 radical (unpaired) electrons. The van der Waals surface area contributed by atoms with Crippen molar-refractivity contribution in [1.82, 2.24) is 0 Å². The zero-order chi connectivity index (χ0) is 17.5. The highest BCUT2D eigenvalue weighted by atomic mass is 16.5. The molecule has 0 aliphatic heterocycles. The highest BCUT2D eigenvalue weighted by Gasteiger charge is 2.19. The van der Waals surface area contributed by atoms with E-state index >= 15 is 0 Å². The van der Waals surface area contributed by atoms with Crippen molar-refractivity contribution in [3.8, 4) is 17.2 Å². The molecule has 0 fully saturated rings. The Balaban J connectivity index is 2.22. The predicted octanol–water partition coefficient (Wildman–Crippen LogP) is 2.91. The molecule has 128 valence electrons. The minimum absolute atomic E-state index is 0.325. The first-order chi connectivity index (χ1) is 11.6. The fourth-order valence-electron chi connectivity index (χ4n) is 2.75. The van der Waals surface area contributed by atoms with Crippen molar-refractivity contribution in [2.75, 3.05) is 21.3 Å². The maximum absolute atomic E-state index is 11.8. The van der Waals surface area contributed by atoms with Crippen LogP contribution in [0.4, 0.5) is 0 Å². The second kappa shape index (κ2) is 8.24. The summed E-state index contributed by atoms with van der Waals surface area (Å²) in [7, 11) is 4.73. The van der Waals surface area contributed by atoms with E-state index in [0.717, 1.165) is 11.1 Å². The van der Waals surface area contributed by atoms with Crippen molar-refractivity contribution in [3.63, 3.8) is 0 Å². The van der Waals surface area contributed by atoms with Crippen LogP contribution in [0.2, 0.25) is 0 Å². The smallest absolute Gasteiger partial charge is 0.224 e. The number of ether oxygens (including phenoxy) is 3. The van der Waals surface area contributed by atoms with E-state index in [-0.39, 0.29) is 11.8 Å². The molecule has 24 heavy (non-hydrogen) atoms. The second-order valence-corrected chi connectivity index (χ2v) is 5.44. The monoisotopic (exact) mass is 329 g/mol. The van der Waals surface area contributed by atoms with E-state index in [0.29, 0.717) is 30.1 Å². The molecule has 0 heterocycles. The number of hydrogen-bond acceptors (Lipinski definition) is 4.